The van der Waals surface area contributed by atoms with E-state index in [2.05, 4.69) is 25.0 Å². The van der Waals surface area contributed by atoms with Gasteiger partial charge in [-0.25, -0.2) is 13.4 Å². The van der Waals surface area contributed by atoms with Crippen molar-refractivity contribution < 1.29 is 8.42 Å². The maximum absolute atomic E-state index is 11.4. The molecule has 0 saturated carbocycles. The molecule has 1 aliphatic heterocycles. The Balaban J connectivity index is 1.66. The third kappa shape index (κ3) is 3.16. The Morgan fingerprint density at radius 3 is 2.23 bits per heavy atom. The molecule has 0 radical (unpaired) electrons. The van der Waals surface area contributed by atoms with Crippen LogP contribution >= 0.6 is 0 Å². The van der Waals surface area contributed by atoms with Gasteiger partial charge in [-0.15, -0.1) is 0 Å². The maximum Gasteiger partial charge on any atom is 0.177 e. The van der Waals surface area contributed by atoms with Crippen molar-refractivity contribution >= 4 is 21.3 Å². The van der Waals surface area contributed by atoms with E-state index in [1.54, 1.807) is 24.5 Å². The van der Waals surface area contributed by atoms with Gasteiger partial charge in [-0.2, -0.15) is 10.2 Å². The first-order valence-corrected chi connectivity index (χ1v) is 8.86. The molecule has 8 heteroatoms. The molecule has 3 heterocycles. The van der Waals surface area contributed by atoms with Crippen molar-refractivity contribution in [2.45, 2.75) is 4.90 Å². The minimum atomic E-state index is -3.20. The smallest absolute Gasteiger partial charge is 0.177 e. The van der Waals surface area contributed by atoms with Gasteiger partial charge >= 0.3 is 0 Å². The molecule has 0 bridgehead atoms. The number of hydrogen-bond acceptors (Lipinski definition) is 7. The van der Waals surface area contributed by atoms with Crippen LogP contribution in [0.4, 0.5) is 11.5 Å². The molecule has 116 valence electrons. The second kappa shape index (κ2) is 5.88. The third-order valence-electron chi connectivity index (χ3n) is 3.69. The van der Waals surface area contributed by atoms with Crippen LogP contribution in [0.15, 0.2) is 41.7 Å². The molecule has 1 fully saturated rings. The fourth-order valence-electron chi connectivity index (χ4n) is 2.44. The first-order chi connectivity index (χ1) is 10.5. The molecule has 22 heavy (non-hydrogen) atoms. The lowest BCUT2D eigenvalue weighted by Gasteiger charge is -2.36. The van der Waals surface area contributed by atoms with Crippen molar-refractivity contribution in [1.29, 1.82) is 0 Å². The van der Waals surface area contributed by atoms with E-state index in [0.717, 1.165) is 37.7 Å². The van der Waals surface area contributed by atoms with Gasteiger partial charge in [0.25, 0.3) is 0 Å². The van der Waals surface area contributed by atoms with Gasteiger partial charge in [-0.05, 0) is 18.2 Å². The number of piperazine rings is 1. The van der Waals surface area contributed by atoms with Crippen LogP contribution in [-0.2, 0) is 9.84 Å². The average Bonchev–Trinajstić information content (AvgIpc) is 2.55. The molecule has 2 aromatic heterocycles. The van der Waals surface area contributed by atoms with E-state index < -0.39 is 9.84 Å². The van der Waals surface area contributed by atoms with Crippen molar-refractivity contribution in [3.63, 3.8) is 0 Å². The lowest BCUT2D eigenvalue weighted by Crippen LogP contribution is -2.46. The summed E-state index contributed by atoms with van der Waals surface area (Å²) in [6.07, 6.45) is 6.05. The first-order valence-electron chi connectivity index (χ1n) is 6.97. The zero-order valence-corrected chi connectivity index (χ0v) is 13.1. The number of aromatic nitrogens is 3. The summed E-state index contributed by atoms with van der Waals surface area (Å²) >= 11 is 0. The summed E-state index contributed by atoms with van der Waals surface area (Å²) < 4.78 is 22.9. The normalized spacial score (nSPS) is 15.9. The molecule has 3 rings (SSSR count). The molecule has 0 N–H and O–H groups in total. The van der Waals surface area contributed by atoms with Gasteiger partial charge in [-0.1, -0.05) is 0 Å². The van der Waals surface area contributed by atoms with Crippen molar-refractivity contribution in [2.75, 3.05) is 42.2 Å². The zero-order chi connectivity index (χ0) is 15.6. The Bertz CT molecular complexity index is 726. The van der Waals surface area contributed by atoms with Crippen molar-refractivity contribution in [3.8, 4) is 0 Å². The van der Waals surface area contributed by atoms with E-state index in [4.69, 9.17) is 0 Å². The number of anilines is 2. The highest BCUT2D eigenvalue weighted by molar-refractivity contribution is 7.90. The molecule has 0 aliphatic carbocycles. The quantitative estimate of drug-likeness (QED) is 0.819. The standard InChI is InChI=1S/C14H17N5O2S/c1-22(20,21)13-2-3-14(15-11-13)19-8-6-18(7-9-19)12-4-5-16-17-10-12/h2-5,10-11H,6-9H2,1H3. The van der Waals surface area contributed by atoms with Crippen molar-refractivity contribution in [3.05, 3.63) is 36.8 Å². The Labute approximate surface area is 129 Å². The summed E-state index contributed by atoms with van der Waals surface area (Å²) in [6.45, 7) is 3.38. The first kappa shape index (κ1) is 14.7. The highest BCUT2D eigenvalue weighted by Crippen LogP contribution is 2.19. The second-order valence-electron chi connectivity index (χ2n) is 5.20. The minimum Gasteiger partial charge on any atom is -0.367 e. The highest BCUT2D eigenvalue weighted by Gasteiger charge is 2.19. The monoisotopic (exact) mass is 319 g/mol. The van der Waals surface area contributed by atoms with Gasteiger partial charge in [-0.3, -0.25) is 0 Å². The van der Waals surface area contributed by atoms with E-state index >= 15 is 0 Å². The SMILES string of the molecule is CS(=O)(=O)c1ccc(N2CCN(c3ccnnc3)CC2)nc1. The zero-order valence-electron chi connectivity index (χ0n) is 12.3. The lowest BCUT2D eigenvalue weighted by molar-refractivity contribution is 0.601. The number of rotatable bonds is 3. The largest absolute Gasteiger partial charge is 0.367 e. The molecule has 7 nitrogen and oxygen atoms in total. The van der Waals surface area contributed by atoms with Crippen LogP contribution in [0.25, 0.3) is 0 Å². The molecular formula is C14H17N5O2S. The predicted octanol–water partition coefficient (Wildman–Crippen LogP) is 0.602. The van der Waals surface area contributed by atoms with Gasteiger partial charge in [0.15, 0.2) is 9.84 Å². The number of nitrogens with zero attached hydrogens (tertiary/aromatic N) is 5. The lowest BCUT2D eigenvalue weighted by atomic mass is 10.3. The van der Waals surface area contributed by atoms with Crippen LogP contribution in [-0.4, -0.2) is 56.0 Å². The molecule has 0 atom stereocenters. The maximum atomic E-state index is 11.4. The predicted molar refractivity (Wildman–Crippen MR) is 83.8 cm³/mol. The summed E-state index contributed by atoms with van der Waals surface area (Å²) in [7, 11) is -3.20. The topological polar surface area (TPSA) is 79.3 Å². The molecule has 0 amide bonds. The van der Waals surface area contributed by atoms with E-state index in [1.807, 2.05) is 6.07 Å². The minimum absolute atomic E-state index is 0.248. The molecule has 0 aromatic carbocycles. The third-order valence-corrected chi connectivity index (χ3v) is 4.78. The summed E-state index contributed by atoms with van der Waals surface area (Å²) in [4.78, 5) is 8.92. The highest BCUT2D eigenvalue weighted by atomic mass is 32.2. The number of hydrogen-bond donors (Lipinski definition) is 0. The molecule has 1 saturated heterocycles. The summed E-state index contributed by atoms with van der Waals surface area (Å²) in [5, 5.41) is 7.68. The average molecular weight is 319 g/mol. The van der Waals surface area contributed by atoms with E-state index in [1.165, 1.54) is 12.5 Å². The van der Waals surface area contributed by atoms with Crippen LogP contribution < -0.4 is 9.80 Å². The Hall–Kier alpha value is -2.22. The van der Waals surface area contributed by atoms with Gasteiger partial charge in [0, 0.05) is 38.6 Å². The molecule has 2 aromatic rings. The summed E-state index contributed by atoms with van der Waals surface area (Å²) in [5.41, 5.74) is 1.06. The Morgan fingerprint density at radius 2 is 1.68 bits per heavy atom. The van der Waals surface area contributed by atoms with Crippen molar-refractivity contribution in [1.82, 2.24) is 15.2 Å². The summed E-state index contributed by atoms with van der Waals surface area (Å²) in [6, 6.07) is 5.32. The van der Waals surface area contributed by atoms with Crippen LogP contribution in [0.5, 0.6) is 0 Å². The fraction of sp³-hybridized carbons (Fsp3) is 0.357. The van der Waals surface area contributed by atoms with Crippen LogP contribution in [0, 0.1) is 0 Å². The molecule has 1 aliphatic rings. The van der Waals surface area contributed by atoms with E-state index in [0.29, 0.717) is 0 Å². The van der Waals surface area contributed by atoms with Crippen LogP contribution in [0.3, 0.4) is 0 Å². The fourth-order valence-corrected chi connectivity index (χ4v) is 3.00. The summed E-state index contributed by atoms with van der Waals surface area (Å²) in [5.74, 6) is 0.805. The van der Waals surface area contributed by atoms with Gasteiger partial charge in [0.05, 0.1) is 23.0 Å². The van der Waals surface area contributed by atoms with Crippen LogP contribution in [0.2, 0.25) is 0 Å². The Kier molecular flexibility index (Phi) is 3.93. The van der Waals surface area contributed by atoms with E-state index in [9.17, 15) is 8.42 Å². The van der Waals surface area contributed by atoms with Gasteiger partial charge < -0.3 is 9.80 Å². The molecular weight excluding hydrogens is 302 g/mol. The van der Waals surface area contributed by atoms with E-state index in [-0.39, 0.29) is 4.90 Å². The van der Waals surface area contributed by atoms with Crippen LogP contribution in [0.1, 0.15) is 0 Å². The van der Waals surface area contributed by atoms with Gasteiger partial charge in [0.2, 0.25) is 0 Å². The molecule has 0 spiro atoms. The Morgan fingerprint density at radius 1 is 0.955 bits per heavy atom. The second-order valence-corrected chi connectivity index (χ2v) is 7.21. The van der Waals surface area contributed by atoms with Crippen molar-refractivity contribution in [2.24, 2.45) is 0 Å². The van der Waals surface area contributed by atoms with Gasteiger partial charge in [0.1, 0.15) is 5.82 Å². The number of pyridine rings is 1. The molecule has 0 unspecified atom stereocenters. The number of sulfone groups is 1.